The Morgan fingerprint density at radius 3 is 2.33 bits per heavy atom. The van der Waals surface area contributed by atoms with Crippen molar-refractivity contribution in [3.8, 4) is 5.75 Å². The van der Waals surface area contributed by atoms with Crippen molar-refractivity contribution in [2.75, 3.05) is 12.3 Å². The second-order valence-corrected chi connectivity index (χ2v) is 5.38. The second-order valence-electron chi connectivity index (χ2n) is 5.38. The molecule has 0 unspecified atom stereocenters. The quantitative estimate of drug-likeness (QED) is 0.698. The summed E-state index contributed by atoms with van der Waals surface area (Å²) in [7, 11) is 0. The van der Waals surface area contributed by atoms with E-state index in [-0.39, 0.29) is 30.4 Å². The van der Waals surface area contributed by atoms with Crippen LogP contribution in [0.1, 0.15) is 25.7 Å². The zero-order valence-corrected chi connectivity index (χ0v) is 11.9. The summed E-state index contributed by atoms with van der Waals surface area (Å²) in [4.78, 5) is 22.9. The van der Waals surface area contributed by atoms with Crippen molar-refractivity contribution in [2.24, 2.45) is 11.7 Å². The molecule has 1 aliphatic carbocycles. The van der Waals surface area contributed by atoms with Crippen LogP contribution < -0.4 is 21.5 Å². The third-order valence-electron chi connectivity index (χ3n) is 3.74. The van der Waals surface area contributed by atoms with Gasteiger partial charge >= 0.3 is 0 Å². The number of benzene rings is 1. The molecule has 1 aromatic rings. The molecule has 6 nitrogen and oxygen atoms in total. The first-order chi connectivity index (χ1) is 10.0. The van der Waals surface area contributed by atoms with Crippen molar-refractivity contribution in [3.63, 3.8) is 0 Å². The van der Waals surface area contributed by atoms with Crippen LogP contribution in [0.2, 0.25) is 0 Å². The minimum absolute atomic E-state index is 0.0281. The Bertz CT molecular complexity index is 493. The van der Waals surface area contributed by atoms with Gasteiger partial charge in [0.2, 0.25) is 5.91 Å². The number of ether oxygens (including phenoxy) is 1. The summed E-state index contributed by atoms with van der Waals surface area (Å²) >= 11 is 0. The highest BCUT2D eigenvalue weighted by Gasteiger charge is 2.25. The molecular formula is C15H21N3O3. The number of carbonyl (C=O) groups excluding carboxylic acids is 2. The van der Waals surface area contributed by atoms with Gasteiger partial charge in [-0.15, -0.1) is 0 Å². The van der Waals surface area contributed by atoms with Gasteiger partial charge in [-0.3, -0.25) is 9.59 Å². The summed E-state index contributed by atoms with van der Waals surface area (Å²) in [6.07, 6.45) is 3.03. The lowest BCUT2D eigenvalue weighted by Gasteiger charge is -2.27. The molecule has 114 valence electrons. The molecule has 1 aromatic carbocycles. The number of nitrogens with one attached hydrogen (secondary N) is 1. The number of anilines is 1. The van der Waals surface area contributed by atoms with Crippen LogP contribution in [-0.4, -0.2) is 24.5 Å². The zero-order valence-electron chi connectivity index (χ0n) is 11.9. The van der Waals surface area contributed by atoms with Crippen LogP contribution in [0.15, 0.2) is 24.3 Å². The molecule has 5 N–H and O–H groups in total. The monoisotopic (exact) mass is 291 g/mol. The van der Waals surface area contributed by atoms with E-state index in [2.05, 4.69) is 5.32 Å². The van der Waals surface area contributed by atoms with Gasteiger partial charge in [0.1, 0.15) is 5.75 Å². The topological polar surface area (TPSA) is 107 Å². The van der Waals surface area contributed by atoms with E-state index in [1.54, 1.807) is 24.3 Å². The Balaban J connectivity index is 1.70. The first-order valence-electron chi connectivity index (χ1n) is 7.11. The molecule has 2 rings (SSSR count). The van der Waals surface area contributed by atoms with Crippen molar-refractivity contribution in [2.45, 2.75) is 31.7 Å². The molecule has 0 aromatic heterocycles. The molecule has 1 fully saturated rings. The minimum atomic E-state index is -0.244. The van der Waals surface area contributed by atoms with E-state index in [0.717, 1.165) is 25.7 Å². The van der Waals surface area contributed by atoms with E-state index in [1.165, 1.54) is 0 Å². The maximum Gasteiger partial charge on any atom is 0.258 e. The van der Waals surface area contributed by atoms with Gasteiger partial charge < -0.3 is 21.5 Å². The third kappa shape index (κ3) is 4.66. The number of carbonyl (C=O) groups is 2. The minimum Gasteiger partial charge on any atom is -0.484 e. The van der Waals surface area contributed by atoms with Gasteiger partial charge in [-0.05, 0) is 49.9 Å². The number of rotatable bonds is 5. The summed E-state index contributed by atoms with van der Waals surface area (Å²) in [5.41, 5.74) is 11.5. The average molecular weight is 291 g/mol. The van der Waals surface area contributed by atoms with E-state index in [9.17, 15) is 9.59 Å². The molecule has 0 aliphatic heterocycles. The Morgan fingerprint density at radius 1 is 1.14 bits per heavy atom. The van der Waals surface area contributed by atoms with Gasteiger partial charge in [0.15, 0.2) is 6.61 Å². The van der Waals surface area contributed by atoms with Crippen molar-refractivity contribution < 1.29 is 14.3 Å². The van der Waals surface area contributed by atoms with E-state index in [1.807, 2.05) is 0 Å². The van der Waals surface area contributed by atoms with Crippen molar-refractivity contribution in [3.05, 3.63) is 24.3 Å². The van der Waals surface area contributed by atoms with Crippen LogP contribution in [0.5, 0.6) is 5.75 Å². The predicted octanol–water partition coefficient (Wildman–Crippen LogP) is 0.808. The first kappa shape index (κ1) is 15.2. The molecule has 1 aliphatic rings. The Kier molecular flexibility index (Phi) is 5.03. The van der Waals surface area contributed by atoms with E-state index in [0.29, 0.717) is 11.4 Å². The highest BCUT2D eigenvalue weighted by molar-refractivity contribution is 5.78. The van der Waals surface area contributed by atoms with Crippen LogP contribution in [-0.2, 0) is 9.59 Å². The molecule has 0 atom stereocenters. The summed E-state index contributed by atoms with van der Waals surface area (Å²) in [5.74, 6) is 0.154. The van der Waals surface area contributed by atoms with Crippen LogP contribution >= 0.6 is 0 Å². The van der Waals surface area contributed by atoms with Gasteiger partial charge in [0.05, 0.1) is 0 Å². The Morgan fingerprint density at radius 2 is 1.76 bits per heavy atom. The van der Waals surface area contributed by atoms with Gasteiger partial charge in [-0.2, -0.15) is 0 Å². The summed E-state index contributed by atoms with van der Waals surface area (Å²) < 4.78 is 5.38. The largest absolute Gasteiger partial charge is 0.484 e. The van der Waals surface area contributed by atoms with Gasteiger partial charge in [0, 0.05) is 17.6 Å². The molecular weight excluding hydrogens is 270 g/mol. The summed E-state index contributed by atoms with van der Waals surface area (Å²) in [5, 5.41) is 2.92. The maximum absolute atomic E-state index is 11.8. The smallest absolute Gasteiger partial charge is 0.258 e. The van der Waals surface area contributed by atoms with Crippen LogP contribution in [0.25, 0.3) is 0 Å². The Labute approximate surface area is 123 Å². The van der Waals surface area contributed by atoms with E-state index >= 15 is 0 Å². The fraction of sp³-hybridized carbons (Fsp3) is 0.467. The molecule has 2 amide bonds. The third-order valence-corrected chi connectivity index (χ3v) is 3.74. The number of hydrogen-bond donors (Lipinski definition) is 3. The van der Waals surface area contributed by atoms with Crippen molar-refractivity contribution >= 4 is 17.5 Å². The first-order valence-corrected chi connectivity index (χ1v) is 7.11. The number of amides is 2. The number of nitrogen functional groups attached to an aromatic ring is 1. The van der Waals surface area contributed by atoms with Gasteiger partial charge in [0.25, 0.3) is 5.91 Å². The highest BCUT2D eigenvalue weighted by atomic mass is 16.5. The zero-order chi connectivity index (χ0) is 15.2. The molecule has 21 heavy (non-hydrogen) atoms. The van der Waals surface area contributed by atoms with Gasteiger partial charge in [-0.1, -0.05) is 0 Å². The number of nitrogens with two attached hydrogens (primary N) is 2. The lowest BCUT2D eigenvalue weighted by atomic mass is 9.85. The number of primary amides is 1. The average Bonchev–Trinajstić information content (AvgIpc) is 2.47. The van der Waals surface area contributed by atoms with Gasteiger partial charge in [-0.25, -0.2) is 0 Å². The summed E-state index contributed by atoms with van der Waals surface area (Å²) in [6.45, 7) is -0.0281. The number of hydrogen-bond acceptors (Lipinski definition) is 4. The van der Waals surface area contributed by atoms with Crippen molar-refractivity contribution in [1.29, 1.82) is 0 Å². The van der Waals surface area contributed by atoms with Crippen LogP contribution in [0, 0.1) is 5.92 Å². The molecule has 0 saturated heterocycles. The lowest BCUT2D eigenvalue weighted by Crippen LogP contribution is -2.41. The second kappa shape index (κ2) is 6.97. The summed E-state index contributed by atoms with van der Waals surface area (Å²) in [6, 6.07) is 6.99. The Hall–Kier alpha value is -2.24. The molecule has 6 heteroatoms. The highest BCUT2D eigenvalue weighted by Crippen LogP contribution is 2.23. The SMILES string of the molecule is NC(=O)C1CCC(NC(=O)COc2ccc(N)cc2)CC1. The fourth-order valence-electron chi connectivity index (χ4n) is 2.50. The van der Waals surface area contributed by atoms with Crippen LogP contribution in [0.3, 0.4) is 0 Å². The van der Waals surface area contributed by atoms with Crippen molar-refractivity contribution in [1.82, 2.24) is 5.32 Å². The standard InChI is InChI=1S/C15H21N3O3/c16-11-3-7-13(8-4-11)21-9-14(19)18-12-5-1-10(2-6-12)15(17)20/h3-4,7-8,10,12H,1-2,5-6,9,16H2,(H2,17,20)(H,18,19). The predicted molar refractivity (Wildman–Crippen MR) is 79.4 cm³/mol. The molecule has 0 bridgehead atoms. The van der Waals surface area contributed by atoms with Crippen LogP contribution in [0.4, 0.5) is 5.69 Å². The normalized spacial score (nSPS) is 21.5. The van der Waals surface area contributed by atoms with E-state index < -0.39 is 0 Å². The maximum atomic E-state index is 11.8. The molecule has 1 saturated carbocycles. The van der Waals surface area contributed by atoms with E-state index in [4.69, 9.17) is 16.2 Å². The molecule has 0 radical (unpaired) electrons. The molecule has 0 heterocycles. The fourth-order valence-corrected chi connectivity index (χ4v) is 2.50. The lowest BCUT2D eigenvalue weighted by molar-refractivity contribution is -0.124. The molecule has 0 spiro atoms.